The summed E-state index contributed by atoms with van der Waals surface area (Å²) in [6, 6.07) is -0.308. The zero-order chi connectivity index (χ0) is 11.9. The molecule has 0 aliphatic rings. The van der Waals surface area contributed by atoms with Gasteiger partial charge in [0.2, 0.25) is 0 Å². The number of nitrogens with one attached hydrogen (secondary N) is 2. The monoisotopic (exact) mass is 216 g/mol. The van der Waals surface area contributed by atoms with Crippen LogP contribution in [0.2, 0.25) is 0 Å². The highest BCUT2D eigenvalue weighted by molar-refractivity contribution is 5.77. The lowest BCUT2D eigenvalue weighted by Gasteiger charge is -2.23. The zero-order valence-electron chi connectivity index (χ0n) is 9.59. The maximum absolute atomic E-state index is 11.2. The molecule has 0 radical (unpaired) electrons. The molecule has 0 aromatic rings. The highest BCUT2D eigenvalue weighted by Gasteiger charge is 2.31. The van der Waals surface area contributed by atoms with E-state index in [-0.39, 0.29) is 12.6 Å². The zero-order valence-corrected chi connectivity index (χ0v) is 9.59. The minimum atomic E-state index is -0.888. The molecule has 88 valence electrons. The quantitative estimate of drug-likeness (QED) is 0.624. The van der Waals surface area contributed by atoms with Crippen molar-refractivity contribution in [3.05, 3.63) is 0 Å². The largest absolute Gasteiger partial charge is 0.481 e. The number of rotatable bonds is 6. The van der Waals surface area contributed by atoms with Crippen molar-refractivity contribution < 1.29 is 14.7 Å². The van der Waals surface area contributed by atoms with Gasteiger partial charge in [0.25, 0.3) is 0 Å². The molecule has 0 aromatic carbocycles. The van der Waals surface area contributed by atoms with Gasteiger partial charge in [0.1, 0.15) is 0 Å². The van der Waals surface area contributed by atoms with Gasteiger partial charge in [-0.05, 0) is 19.8 Å². The van der Waals surface area contributed by atoms with Crippen molar-refractivity contribution in [3.63, 3.8) is 0 Å². The Morgan fingerprint density at radius 3 is 2.27 bits per heavy atom. The van der Waals surface area contributed by atoms with E-state index < -0.39 is 11.4 Å². The highest BCUT2D eigenvalue weighted by Crippen LogP contribution is 2.19. The lowest BCUT2D eigenvalue weighted by atomic mass is 9.88. The van der Waals surface area contributed by atoms with Crippen molar-refractivity contribution in [2.24, 2.45) is 5.41 Å². The summed E-state index contributed by atoms with van der Waals surface area (Å²) in [5, 5.41) is 14.1. The van der Waals surface area contributed by atoms with Gasteiger partial charge in [-0.15, -0.1) is 0 Å². The number of hydrogen-bond acceptors (Lipinski definition) is 2. The molecule has 15 heavy (non-hydrogen) atoms. The van der Waals surface area contributed by atoms with Crippen LogP contribution < -0.4 is 10.6 Å². The maximum Gasteiger partial charge on any atom is 0.314 e. The van der Waals surface area contributed by atoms with Crippen molar-refractivity contribution in [3.8, 4) is 0 Å². The third-order valence-electron chi connectivity index (χ3n) is 2.47. The molecule has 0 rings (SSSR count). The first kappa shape index (κ1) is 13.7. The summed E-state index contributed by atoms with van der Waals surface area (Å²) in [6.07, 6.45) is 1.34. The Bertz CT molecular complexity index is 231. The fourth-order valence-electron chi connectivity index (χ4n) is 0.928. The minimum absolute atomic E-state index is 0.147. The molecule has 0 aromatic heterocycles. The van der Waals surface area contributed by atoms with Gasteiger partial charge in [-0.25, -0.2) is 4.79 Å². The van der Waals surface area contributed by atoms with E-state index in [9.17, 15) is 9.59 Å². The average Bonchev–Trinajstić information content (AvgIpc) is 2.22. The van der Waals surface area contributed by atoms with Crippen LogP contribution in [0.4, 0.5) is 4.79 Å². The van der Waals surface area contributed by atoms with E-state index in [0.29, 0.717) is 13.0 Å². The van der Waals surface area contributed by atoms with Crippen molar-refractivity contribution in [1.29, 1.82) is 0 Å². The molecule has 1 unspecified atom stereocenters. The molecular weight excluding hydrogens is 196 g/mol. The molecule has 5 heteroatoms. The van der Waals surface area contributed by atoms with Gasteiger partial charge in [-0.3, -0.25) is 4.79 Å². The lowest BCUT2D eigenvalue weighted by Crippen LogP contribution is -2.44. The van der Waals surface area contributed by atoms with E-state index in [0.717, 1.165) is 6.42 Å². The van der Waals surface area contributed by atoms with E-state index in [1.165, 1.54) is 0 Å². The molecule has 0 aliphatic heterocycles. The SMILES string of the molecule is CCCNC(=O)NCC(C)(CC)C(=O)O. The van der Waals surface area contributed by atoms with Crippen LogP contribution in [0, 0.1) is 5.41 Å². The van der Waals surface area contributed by atoms with Gasteiger partial charge in [-0.1, -0.05) is 13.8 Å². The third kappa shape index (κ3) is 4.67. The highest BCUT2D eigenvalue weighted by atomic mass is 16.4. The maximum atomic E-state index is 11.2. The molecule has 0 saturated heterocycles. The Morgan fingerprint density at radius 2 is 1.87 bits per heavy atom. The Morgan fingerprint density at radius 1 is 1.27 bits per heavy atom. The first-order chi connectivity index (χ1) is 6.96. The number of urea groups is 1. The number of carboxylic acids is 1. The molecule has 5 nitrogen and oxygen atoms in total. The Hall–Kier alpha value is -1.26. The van der Waals surface area contributed by atoms with Gasteiger partial charge in [0.05, 0.1) is 5.41 Å². The molecule has 3 N–H and O–H groups in total. The standard InChI is InChI=1S/C10H20N2O3/c1-4-6-11-9(15)12-7-10(3,5-2)8(13)14/h4-7H2,1-3H3,(H,13,14)(H2,11,12,15). The predicted octanol–water partition coefficient (Wildman–Crippen LogP) is 1.20. The molecule has 0 spiro atoms. The summed E-state index contributed by atoms with van der Waals surface area (Å²) in [5.74, 6) is -0.888. The minimum Gasteiger partial charge on any atom is -0.481 e. The molecule has 0 saturated carbocycles. The fraction of sp³-hybridized carbons (Fsp3) is 0.800. The van der Waals surface area contributed by atoms with Crippen LogP contribution in [0.3, 0.4) is 0 Å². The van der Waals surface area contributed by atoms with Crippen molar-refractivity contribution >= 4 is 12.0 Å². The second kappa shape index (κ2) is 6.27. The number of aliphatic carboxylic acids is 1. The second-order valence-electron chi connectivity index (χ2n) is 3.83. The molecular formula is C10H20N2O3. The lowest BCUT2D eigenvalue weighted by molar-refractivity contribution is -0.147. The van der Waals surface area contributed by atoms with Crippen LogP contribution >= 0.6 is 0 Å². The third-order valence-corrected chi connectivity index (χ3v) is 2.47. The topological polar surface area (TPSA) is 78.4 Å². The van der Waals surface area contributed by atoms with Crippen LogP contribution in [0.5, 0.6) is 0 Å². The normalized spacial score (nSPS) is 14.1. The number of carbonyl (C=O) groups excluding carboxylic acids is 1. The Kier molecular flexibility index (Phi) is 5.74. The fourth-order valence-corrected chi connectivity index (χ4v) is 0.928. The first-order valence-corrected chi connectivity index (χ1v) is 5.21. The Balaban J connectivity index is 4.01. The van der Waals surface area contributed by atoms with E-state index in [1.807, 2.05) is 6.92 Å². The summed E-state index contributed by atoms with van der Waals surface area (Å²) in [5.41, 5.74) is -0.885. The van der Waals surface area contributed by atoms with E-state index in [4.69, 9.17) is 5.11 Å². The van der Waals surface area contributed by atoms with Crippen LogP contribution in [-0.4, -0.2) is 30.2 Å². The second-order valence-corrected chi connectivity index (χ2v) is 3.83. The van der Waals surface area contributed by atoms with Gasteiger partial charge in [0.15, 0.2) is 0 Å². The molecule has 0 heterocycles. The molecule has 2 amide bonds. The van der Waals surface area contributed by atoms with Gasteiger partial charge in [-0.2, -0.15) is 0 Å². The van der Waals surface area contributed by atoms with E-state index in [1.54, 1.807) is 13.8 Å². The number of amides is 2. The summed E-state index contributed by atoms with van der Waals surface area (Å²) in [6.45, 7) is 6.11. The van der Waals surface area contributed by atoms with Crippen molar-refractivity contribution in [2.75, 3.05) is 13.1 Å². The Labute approximate surface area is 90.2 Å². The van der Waals surface area contributed by atoms with E-state index in [2.05, 4.69) is 10.6 Å². The first-order valence-electron chi connectivity index (χ1n) is 5.21. The molecule has 1 atom stereocenters. The molecule has 0 bridgehead atoms. The van der Waals surface area contributed by atoms with Crippen LogP contribution in [0.1, 0.15) is 33.6 Å². The molecule has 0 aliphatic carbocycles. The summed E-state index contributed by atoms with van der Waals surface area (Å²) in [7, 11) is 0. The average molecular weight is 216 g/mol. The smallest absolute Gasteiger partial charge is 0.314 e. The van der Waals surface area contributed by atoms with Crippen molar-refractivity contribution in [2.45, 2.75) is 33.6 Å². The van der Waals surface area contributed by atoms with Crippen molar-refractivity contribution in [1.82, 2.24) is 10.6 Å². The van der Waals surface area contributed by atoms with Gasteiger partial charge in [0, 0.05) is 13.1 Å². The summed E-state index contributed by atoms with van der Waals surface area (Å²) < 4.78 is 0. The molecule has 0 fully saturated rings. The van der Waals surface area contributed by atoms with Crippen LogP contribution in [-0.2, 0) is 4.79 Å². The van der Waals surface area contributed by atoms with Crippen LogP contribution in [0.25, 0.3) is 0 Å². The van der Waals surface area contributed by atoms with E-state index >= 15 is 0 Å². The summed E-state index contributed by atoms with van der Waals surface area (Å²) >= 11 is 0. The number of carboxylic acid groups (broad SMARTS) is 1. The van der Waals surface area contributed by atoms with Gasteiger partial charge >= 0.3 is 12.0 Å². The van der Waals surface area contributed by atoms with Gasteiger partial charge < -0.3 is 15.7 Å². The predicted molar refractivity (Wildman–Crippen MR) is 57.7 cm³/mol. The summed E-state index contributed by atoms with van der Waals surface area (Å²) in [4.78, 5) is 22.1. The van der Waals surface area contributed by atoms with Crippen LogP contribution in [0.15, 0.2) is 0 Å². The number of carbonyl (C=O) groups is 2. The number of hydrogen-bond donors (Lipinski definition) is 3.